The lowest BCUT2D eigenvalue weighted by atomic mass is 10.2. The second-order valence-electron chi connectivity index (χ2n) is 5.98. The van der Waals surface area contributed by atoms with Gasteiger partial charge in [0, 0.05) is 24.4 Å². The van der Waals surface area contributed by atoms with Gasteiger partial charge in [-0.2, -0.15) is 0 Å². The van der Waals surface area contributed by atoms with Crippen LogP contribution in [0.4, 0.5) is 17.1 Å². The number of carbonyl (C=O) groups excluding carboxylic acids is 1. The number of nitro groups is 1. The number of nitrogens with two attached hydrogens (primary N) is 1. The fourth-order valence-electron chi connectivity index (χ4n) is 2.87. The quantitative estimate of drug-likeness (QED) is 0.570. The summed E-state index contributed by atoms with van der Waals surface area (Å²) < 4.78 is 22.9. The van der Waals surface area contributed by atoms with Crippen LogP contribution in [0.1, 0.15) is 5.56 Å². The summed E-state index contributed by atoms with van der Waals surface area (Å²) in [5.74, 6) is -0.353. The number of nitrogens with one attached hydrogen (secondary N) is 1. The van der Waals surface area contributed by atoms with Crippen LogP contribution >= 0.6 is 11.6 Å². The summed E-state index contributed by atoms with van der Waals surface area (Å²) in [7, 11) is -3.78. The van der Waals surface area contributed by atoms with Crippen molar-refractivity contribution in [1.29, 1.82) is 0 Å². The molecule has 0 bridgehead atoms. The Bertz CT molecular complexity index is 1040. The van der Waals surface area contributed by atoms with Crippen LogP contribution in [0.2, 0.25) is 5.02 Å². The Balaban J connectivity index is 1.71. The van der Waals surface area contributed by atoms with Crippen LogP contribution in [0, 0.1) is 10.1 Å². The van der Waals surface area contributed by atoms with Crippen molar-refractivity contribution in [2.75, 3.05) is 23.3 Å². The summed E-state index contributed by atoms with van der Waals surface area (Å²) in [4.78, 5) is 24.3. The molecular formula is C16H15ClN4O5S. The molecule has 9 nitrogen and oxygen atoms in total. The summed E-state index contributed by atoms with van der Waals surface area (Å²) in [6.45, 7) is 0.569. The molecule has 0 saturated heterocycles. The van der Waals surface area contributed by atoms with Crippen LogP contribution < -0.4 is 15.4 Å². The van der Waals surface area contributed by atoms with Gasteiger partial charge in [0.15, 0.2) is 0 Å². The third kappa shape index (κ3) is 4.18. The first-order chi connectivity index (χ1) is 12.6. The van der Waals surface area contributed by atoms with Gasteiger partial charge in [-0.25, -0.2) is 13.6 Å². The van der Waals surface area contributed by atoms with E-state index in [9.17, 15) is 23.3 Å². The van der Waals surface area contributed by atoms with E-state index >= 15 is 0 Å². The maximum absolute atomic E-state index is 12.3. The highest BCUT2D eigenvalue weighted by molar-refractivity contribution is 7.89. The molecule has 0 aliphatic carbocycles. The van der Waals surface area contributed by atoms with Gasteiger partial charge in [0.2, 0.25) is 15.9 Å². The van der Waals surface area contributed by atoms with Crippen LogP contribution in [-0.4, -0.2) is 32.3 Å². The molecule has 0 saturated carbocycles. The van der Waals surface area contributed by atoms with Crippen molar-refractivity contribution in [2.45, 2.75) is 11.3 Å². The maximum atomic E-state index is 12.3. The smallest absolute Gasteiger partial charge is 0.271 e. The van der Waals surface area contributed by atoms with E-state index in [4.69, 9.17) is 16.7 Å². The maximum Gasteiger partial charge on any atom is 0.271 e. The molecule has 142 valence electrons. The van der Waals surface area contributed by atoms with E-state index in [0.29, 0.717) is 13.0 Å². The molecule has 0 aromatic heterocycles. The number of benzene rings is 2. The minimum atomic E-state index is -3.78. The van der Waals surface area contributed by atoms with E-state index < -0.39 is 14.9 Å². The van der Waals surface area contributed by atoms with Gasteiger partial charge in [-0.05, 0) is 36.2 Å². The van der Waals surface area contributed by atoms with Crippen molar-refractivity contribution in [2.24, 2.45) is 5.14 Å². The van der Waals surface area contributed by atoms with Crippen molar-refractivity contribution >= 4 is 44.6 Å². The van der Waals surface area contributed by atoms with E-state index in [1.165, 1.54) is 24.3 Å². The summed E-state index contributed by atoms with van der Waals surface area (Å²) in [6.07, 6.45) is 0.588. The predicted molar refractivity (Wildman–Crippen MR) is 100 cm³/mol. The average Bonchev–Trinajstić information content (AvgIpc) is 2.98. The van der Waals surface area contributed by atoms with Crippen LogP contribution in [0.3, 0.4) is 0 Å². The first kappa shape index (κ1) is 19.1. The molecule has 27 heavy (non-hydrogen) atoms. The zero-order valence-corrected chi connectivity index (χ0v) is 15.5. The molecule has 11 heteroatoms. The van der Waals surface area contributed by atoms with Gasteiger partial charge in [-0.15, -0.1) is 0 Å². The van der Waals surface area contributed by atoms with Crippen LogP contribution in [-0.2, 0) is 21.2 Å². The number of primary sulfonamides is 1. The molecule has 3 N–H and O–H groups in total. The molecule has 0 fully saturated rings. The number of hydrogen-bond donors (Lipinski definition) is 2. The number of amides is 1. The lowest BCUT2D eigenvalue weighted by Gasteiger charge is -2.19. The fraction of sp³-hybridized carbons (Fsp3) is 0.188. The van der Waals surface area contributed by atoms with Crippen LogP contribution in [0.5, 0.6) is 0 Å². The van der Waals surface area contributed by atoms with Gasteiger partial charge >= 0.3 is 0 Å². The molecule has 1 heterocycles. The molecule has 1 aliphatic heterocycles. The number of anilines is 2. The number of halogens is 1. The van der Waals surface area contributed by atoms with E-state index in [0.717, 1.165) is 17.3 Å². The van der Waals surface area contributed by atoms with Crippen molar-refractivity contribution in [3.63, 3.8) is 0 Å². The highest BCUT2D eigenvalue weighted by Crippen LogP contribution is 2.30. The largest absolute Gasteiger partial charge is 0.362 e. The highest BCUT2D eigenvalue weighted by Gasteiger charge is 2.23. The minimum Gasteiger partial charge on any atom is -0.362 e. The van der Waals surface area contributed by atoms with E-state index in [1.807, 2.05) is 0 Å². The lowest BCUT2D eigenvalue weighted by Crippen LogP contribution is -2.32. The molecule has 0 unspecified atom stereocenters. The molecule has 2 aromatic rings. The second-order valence-corrected chi connectivity index (χ2v) is 7.95. The summed E-state index contributed by atoms with van der Waals surface area (Å²) in [5.41, 5.74) is 1.66. The Morgan fingerprint density at radius 1 is 1.30 bits per heavy atom. The number of sulfonamides is 1. The topological polar surface area (TPSA) is 136 Å². The lowest BCUT2D eigenvalue weighted by molar-refractivity contribution is -0.384. The Labute approximate surface area is 159 Å². The van der Waals surface area contributed by atoms with Crippen LogP contribution in [0.15, 0.2) is 41.3 Å². The fourth-order valence-corrected chi connectivity index (χ4v) is 3.66. The minimum absolute atomic E-state index is 0.0229. The molecule has 1 aliphatic rings. The second kappa shape index (κ2) is 7.14. The number of nitrogens with zero attached hydrogens (tertiary/aromatic N) is 2. The van der Waals surface area contributed by atoms with E-state index in [-0.39, 0.29) is 33.7 Å². The van der Waals surface area contributed by atoms with Gasteiger partial charge in [0.1, 0.15) is 0 Å². The van der Waals surface area contributed by atoms with Crippen molar-refractivity contribution in [3.8, 4) is 0 Å². The zero-order chi connectivity index (χ0) is 19.8. The highest BCUT2D eigenvalue weighted by atomic mass is 35.5. The summed E-state index contributed by atoms with van der Waals surface area (Å²) in [6, 6.07) is 8.31. The number of rotatable bonds is 5. The Morgan fingerprint density at radius 2 is 2.04 bits per heavy atom. The van der Waals surface area contributed by atoms with E-state index in [1.54, 1.807) is 11.0 Å². The summed E-state index contributed by atoms with van der Waals surface area (Å²) >= 11 is 5.97. The molecule has 1 amide bonds. The number of hydrogen-bond acceptors (Lipinski definition) is 6. The van der Waals surface area contributed by atoms with Gasteiger partial charge in [-0.1, -0.05) is 11.6 Å². The number of carbonyl (C=O) groups is 1. The van der Waals surface area contributed by atoms with Crippen LogP contribution in [0.25, 0.3) is 0 Å². The molecule has 2 aromatic carbocycles. The average molecular weight is 411 g/mol. The first-order valence-corrected chi connectivity index (χ1v) is 9.72. The normalized spacial score (nSPS) is 13.3. The first-order valence-electron chi connectivity index (χ1n) is 7.79. The molecule has 0 atom stereocenters. The number of nitro benzene ring substituents is 1. The SMILES string of the molecule is NS(=O)(=O)c1ccc2c(c1)CCN2CC(=O)Nc1ccc([N+](=O)[O-])cc1Cl. The Kier molecular flexibility index (Phi) is 5.05. The third-order valence-corrected chi connectivity index (χ3v) is 5.37. The van der Waals surface area contributed by atoms with E-state index in [2.05, 4.69) is 5.32 Å². The van der Waals surface area contributed by atoms with Crippen molar-refractivity contribution < 1.29 is 18.1 Å². The molecule has 0 spiro atoms. The number of non-ortho nitro benzene ring substituents is 1. The van der Waals surface area contributed by atoms with Crippen molar-refractivity contribution in [3.05, 3.63) is 57.1 Å². The molecular weight excluding hydrogens is 396 g/mol. The van der Waals surface area contributed by atoms with Crippen molar-refractivity contribution in [1.82, 2.24) is 0 Å². The Hall–Kier alpha value is -2.69. The van der Waals surface area contributed by atoms with Gasteiger partial charge in [-0.3, -0.25) is 14.9 Å². The van der Waals surface area contributed by atoms with Gasteiger partial charge in [0.25, 0.3) is 5.69 Å². The monoisotopic (exact) mass is 410 g/mol. The van der Waals surface area contributed by atoms with Gasteiger partial charge < -0.3 is 10.2 Å². The summed E-state index contributed by atoms with van der Waals surface area (Å²) in [5, 5.41) is 18.5. The number of fused-ring (bicyclic) bond motifs is 1. The molecule has 3 rings (SSSR count). The standard InChI is InChI=1S/C16H15ClN4O5S/c17-13-8-11(21(23)24)1-3-14(13)19-16(22)9-20-6-5-10-7-12(27(18,25)26)2-4-15(10)20/h1-4,7-8H,5-6,9H2,(H,19,22)(H2,18,25,26). The van der Waals surface area contributed by atoms with Gasteiger partial charge in [0.05, 0.1) is 27.1 Å². The molecule has 0 radical (unpaired) electrons. The Morgan fingerprint density at radius 3 is 2.67 bits per heavy atom. The third-order valence-electron chi connectivity index (χ3n) is 4.14. The zero-order valence-electron chi connectivity index (χ0n) is 13.9. The predicted octanol–water partition coefficient (Wildman–Crippen LogP) is 1.90.